The predicted octanol–water partition coefficient (Wildman–Crippen LogP) is 5.16. The van der Waals surface area contributed by atoms with Gasteiger partial charge in [0.05, 0.1) is 30.2 Å². The third-order valence-electron chi connectivity index (χ3n) is 7.07. The second-order valence-electron chi connectivity index (χ2n) is 10.9. The Morgan fingerprint density at radius 3 is 1.84 bits per heavy atom. The van der Waals surface area contributed by atoms with Crippen molar-refractivity contribution in [3.8, 4) is 0 Å². The van der Waals surface area contributed by atoms with E-state index in [9.17, 15) is 44.3 Å². The normalized spacial score (nSPS) is 19.5. The SMILES string of the molecule is CCOC(=O)[C@]12CCCN(Cc3ccoc3)C[C@H]1CN(Cc1cccc(C)n1)C2.O=C(O)C(F)(F)F.O=C(O)C(F)(F)F.O=C(O)C(F)(F)F. The summed E-state index contributed by atoms with van der Waals surface area (Å²) < 4.78 is 106. The van der Waals surface area contributed by atoms with E-state index >= 15 is 0 Å². The topological polar surface area (TPSA) is 171 Å². The number of rotatable bonds is 6. The van der Waals surface area contributed by atoms with Gasteiger partial charge in [-0.05, 0) is 51.4 Å². The van der Waals surface area contributed by atoms with Crippen molar-refractivity contribution in [3.63, 3.8) is 0 Å². The fourth-order valence-corrected chi connectivity index (χ4v) is 5.05. The molecule has 0 amide bonds. The Kier molecular flexibility index (Phi) is 16.2. The molecule has 4 heterocycles. The van der Waals surface area contributed by atoms with Gasteiger partial charge in [-0.1, -0.05) is 6.07 Å². The number of alkyl halides is 9. The van der Waals surface area contributed by atoms with E-state index in [2.05, 4.69) is 26.9 Å². The highest BCUT2D eigenvalue weighted by Crippen LogP contribution is 2.44. The molecule has 4 rings (SSSR count). The van der Waals surface area contributed by atoms with E-state index in [0.717, 1.165) is 63.5 Å². The maximum Gasteiger partial charge on any atom is 0.490 e. The summed E-state index contributed by atoms with van der Waals surface area (Å²) in [6.45, 7) is 9.56. The molecule has 3 N–H and O–H groups in total. The number of aromatic nitrogens is 1. The van der Waals surface area contributed by atoms with Gasteiger partial charge in [0.2, 0.25) is 0 Å². The molecule has 282 valence electrons. The zero-order valence-corrected chi connectivity index (χ0v) is 26.4. The van der Waals surface area contributed by atoms with E-state index < -0.39 is 41.9 Å². The van der Waals surface area contributed by atoms with Gasteiger partial charge in [-0.2, -0.15) is 39.5 Å². The molecular formula is C29H34F9N3O9. The molecule has 2 aromatic rings. The highest BCUT2D eigenvalue weighted by atomic mass is 19.4. The largest absolute Gasteiger partial charge is 0.490 e. The van der Waals surface area contributed by atoms with Gasteiger partial charge < -0.3 is 24.5 Å². The van der Waals surface area contributed by atoms with Crippen molar-refractivity contribution >= 4 is 23.9 Å². The molecule has 0 saturated carbocycles. The van der Waals surface area contributed by atoms with Crippen LogP contribution in [0.25, 0.3) is 0 Å². The Labute approximate surface area is 278 Å². The minimum absolute atomic E-state index is 0.0186. The number of carbonyl (C=O) groups excluding carboxylic acids is 1. The number of ether oxygens (including phenoxy) is 1. The van der Waals surface area contributed by atoms with Crippen molar-refractivity contribution in [2.24, 2.45) is 11.3 Å². The first-order valence-electron chi connectivity index (χ1n) is 14.4. The number of carbonyl (C=O) groups is 4. The molecule has 0 aromatic carbocycles. The standard InChI is InChI=1S/C23H31N3O3.3C2HF3O2/c1-3-29-22(27)23-9-5-10-25(12-19-8-11-28-16-19)13-20(23)14-26(17-23)15-21-7-4-6-18(2)24-21;3*3-2(4,5)1(6)7/h4,6-8,11,16,20H,3,5,9-10,12-15,17H2,1-2H3;3*(H,6,7)/t20-,23-;;;/m0.../s1. The monoisotopic (exact) mass is 739 g/mol. The number of halogens is 9. The third-order valence-corrected chi connectivity index (χ3v) is 7.07. The number of carboxylic acids is 3. The van der Waals surface area contributed by atoms with Crippen LogP contribution in [0.2, 0.25) is 0 Å². The molecule has 2 fully saturated rings. The summed E-state index contributed by atoms with van der Waals surface area (Å²) in [5.74, 6) is -8.02. The van der Waals surface area contributed by atoms with E-state index in [1.165, 1.54) is 5.56 Å². The van der Waals surface area contributed by atoms with Crippen molar-refractivity contribution in [1.29, 1.82) is 0 Å². The van der Waals surface area contributed by atoms with Crippen molar-refractivity contribution in [2.75, 3.05) is 32.8 Å². The van der Waals surface area contributed by atoms with Crippen LogP contribution >= 0.6 is 0 Å². The summed E-state index contributed by atoms with van der Waals surface area (Å²) >= 11 is 0. The lowest BCUT2D eigenvalue weighted by atomic mass is 9.75. The summed E-state index contributed by atoms with van der Waals surface area (Å²) in [6, 6.07) is 8.17. The van der Waals surface area contributed by atoms with E-state index in [1.54, 1.807) is 6.26 Å². The van der Waals surface area contributed by atoms with Crippen LogP contribution in [-0.2, 0) is 37.0 Å². The number of fused-ring (bicyclic) bond motifs is 1. The minimum atomic E-state index is -5.08. The average Bonchev–Trinajstić information content (AvgIpc) is 3.57. The summed E-state index contributed by atoms with van der Waals surface area (Å²) in [5.41, 5.74) is 2.87. The second kappa shape index (κ2) is 18.6. The van der Waals surface area contributed by atoms with Crippen molar-refractivity contribution < 1.29 is 83.2 Å². The first kappa shape index (κ1) is 43.6. The van der Waals surface area contributed by atoms with Gasteiger partial charge >= 0.3 is 42.4 Å². The zero-order chi connectivity index (χ0) is 38.5. The molecule has 2 aliphatic rings. The molecule has 21 heteroatoms. The summed E-state index contributed by atoms with van der Waals surface area (Å²) in [4.78, 5) is 49.3. The Hall–Kier alpha value is -4.40. The first-order chi connectivity index (χ1) is 22.9. The summed E-state index contributed by atoms with van der Waals surface area (Å²) in [6.07, 6.45) is -9.82. The van der Waals surface area contributed by atoms with Crippen LogP contribution in [0.1, 0.15) is 36.7 Å². The van der Waals surface area contributed by atoms with Crippen LogP contribution in [0.4, 0.5) is 39.5 Å². The Morgan fingerprint density at radius 2 is 1.40 bits per heavy atom. The quantitative estimate of drug-likeness (QED) is 0.263. The number of esters is 1. The molecule has 2 atom stereocenters. The Morgan fingerprint density at radius 1 is 0.880 bits per heavy atom. The van der Waals surface area contributed by atoms with Gasteiger partial charge in [-0.25, -0.2) is 14.4 Å². The number of furan rings is 1. The van der Waals surface area contributed by atoms with Crippen LogP contribution in [-0.4, -0.2) is 105 Å². The van der Waals surface area contributed by atoms with Gasteiger partial charge in [0, 0.05) is 49.9 Å². The maximum absolute atomic E-state index is 13.1. The lowest BCUT2D eigenvalue weighted by Crippen LogP contribution is -2.42. The zero-order valence-electron chi connectivity index (χ0n) is 26.4. The maximum atomic E-state index is 13.1. The number of aliphatic carboxylic acids is 3. The van der Waals surface area contributed by atoms with Crippen molar-refractivity contribution in [1.82, 2.24) is 14.8 Å². The molecule has 0 aliphatic carbocycles. The molecule has 2 saturated heterocycles. The number of hydrogen-bond acceptors (Lipinski definition) is 9. The second-order valence-corrected chi connectivity index (χ2v) is 10.9. The average molecular weight is 740 g/mol. The van der Waals surface area contributed by atoms with Gasteiger partial charge in [-0.3, -0.25) is 19.6 Å². The van der Waals surface area contributed by atoms with E-state index in [1.807, 2.05) is 32.2 Å². The summed E-state index contributed by atoms with van der Waals surface area (Å²) in [7, 11) is 0. The van der Waals surface area contributed by atoms with Crippen molar-refractivity contribution in [3.05, 3.63) is 53.7 Å². The highest BCUT2D eigenvalue weighted by molar-refractivity contribution is 5.78. The number of aryl methyl sites for hydroxylation is 1. The first-order valence-corrected chi connectivity index (χ1v) is 14.4. The molecule has 2 aliphatic heterocycles. The molecule has 0 radical (unpaired) electrons. The number of carboxylic acid groups (broad SMARTS) is 3. The highest BCUT2D eigenvalue weighted by Gasteiger charge is 2.54. The fraction of sp³-hybridized carbons (Fsp3) is 0.552. The molecule has 0 bridgehead atoms. The predicted molar refractivity (Wildman–Crippen MR) is 151 cm³/mol. The lowest BCUT2D eigenvalue weighted by molar-refractivity contribution is -0.193. The van der Waals surface area contributed by atoms with Gasteiger partial charge in [0.25, 0.3) is 0 Å². The minimum Gasteiger partial charge on any atom is -0.475 e. The molecule has 2 aromatic heterocycles. The number of likely N-dealkylation sites (tertiary alicyclic amines) is 2. The molecule has 0 spiro atoms. The van der Waals surface area contributed by atoms with E-state index in [-0.39, 0.29) is 11.9 Å². The fourth-order valence-electron chi connectivity index (χ4n) is 5.05. The van der Waals surface area contributed by atoms with Crippen LogP contribution in [0, 0.1) is 18.3 Å². The van der Waals surface area contributed by atoms with Crippen molar-refractivity contribution in [2.45, 2.75) is 58.3 Å². The lowest BCUT2D eigenvalue weighted by Gasteiger charge is -2.31. The number of nitrogens with zero attached hydrogens (tertiary/aromatic N) is 3. The number of pyridine rings is 1. The smallest absolute Gasteiger partial charge is 0.475 e. The third kappa shape index (κ3) is 14.6. The molecule has 0 unspecified atom stereocenters. The molecule has 12 nitrogen and oxygen atoms in total. The Bertz CT molecular complexity index is 1340. The van der Waals surface area contributed by atoms with E-state index in [0.29, 0.717) is 6.61 Å². The number of hydrogen-bond donors (Lipinski definition) is 3. The van der Waals surface area contributed by atoms with Gasteiger partial charge in [0.15, 0.2) is 0 Å². The van der Waals surface area contributed by atoms with Crippen LogP contribution in [0.15, 0.2) is 41.2 Å². The Balaban J connectivity index is 0.000000486. The van der Waals surface area contributed by atoms with Crippen LogP contribution < -0.4 is 0 Å². The summed E-state index contributed by atoms with van der Waals surface area (Å²) in [5, 5.41) is 21.4. The van der Waals surface area contributed by atoms with Gasteiger partial charge in [-0.15, -0.1) is 0 Å². The molecular weight excluding hydrogens is 705 g/mol. The van der Waals surface area contributed by atoms with Crippen LogP contribution in [0.3, 0.4) is 0 Å². The van der Waals surface area contributed by atoms with Gasteiger partial charge in [0.1, 0.15) is 0 Å². The molecule has 50 heavy (non-hydrogen) atoms. The van der Waals surface area contributed by atoms with E-state index in [4.69, 9.17) is 38.9 Å². The van der Waals surface area contributed by atoms with Crippen LogP contribution in [0.5, 0.6) is 0 Å².